The number of piperazine rings is 1. The molecular formula is C11H20N2O. The molecule has 0 amide bonds. The van der Waals surface area contributed by atoms with E-state index in [4.69, 9.17) is 4.74 Å². The second kappa shape index (κ2) is 3.91. The van der Waals surface area contributed by atoms with E-state index in [1.54, 1.807) is 0 Å². The molecule has 2 saturated heterocycles. The molecule has 0 saturated carbocycles. The van der Waals surface area contributed by atoms with Crippen molar-refractivity contribution < 1.29 is 4.74 Å². The molecule has 2 heterocycles. The first-order valence-electron chi connectivity index (χ1n) is 5.48. The molecule has 0 aromatic heterocycles. The zero-order chi connectivity index (χ0) is 10.1. The Morgan fingerprint density at radius 3 is 2.86 bits per heavy atom. The largest absolute Gasteiger partial charge is 0.495 e. The molecule has 0 bridgehead atoms. The quantitative estimate of drug-likeness (QED) is 0.620. The summed E-state index contributed by atoms with van der Waals surface area (Å²) in [5, 5.41) is 0. The van der Waals surface area contributed by atoms with Crippen LogP contribution in [0.25, 0.3) is 0 Å². The van der Waals surface area contributed by atoms with Crippen molar-refractivity contribution in [2.75, 3.05) is 32.8 Å². The maximum Gasteiger partial charge on any atom is 0.107 e. The maximum atomic E-state index is 5.51. The summed E-state index contributed by atoms with van der Waals surface area (Å²) in [5.74, 6) is 0.960. The molecule has 2 fully saturated rings. The van der Waals surface area contributed by atoms with Crippen LogP contribution >= 0.6 is 0 Å². The number of fused-ring (bicyclic) bond motifs is 1. The fourth-order valence-corrected chi connectivity index (χ4v) is 2.27. The first-order valence-corrected chi connectivity index (χ1v) is 5.48. The highest BCUT2D eigenvalue weighted by Crippen LogP contribution is 2.21. The fourth-order valence-electron chi connectivity index (χ4n) is 2.27. The van der Waals surface area contributed by atoms with Gasteiger partial charge in [0.15, 0.2) is 0 Å². The van der Waals surface area contributed by atoms with E-state index in [9.17, 15) is 0 Å². The van der Waals surface area contributed by atoms with Crippen molar-refractivity contribution in [2.24, 2.45) is 0 Å². The van der Waals surface area contributed by atoms with Crippen molar-refractivity contribution in [2.45, 2.75) is 25.9 Å². The van der Waals surface area contributed by atoms with E-state index in [-0.39, 0.29) is 0 Å². The third kappa shape index (κ3) is 1.79. The van der Waals surface area contributed by atoms with Gasteiger partial charge in [0.1, 0.15) is 12.4 Å². The molecule has 1 atom stereocenters. The Balaban J connectivity index is 2.02. The normalized spacial score (nSPS) is 30.2. The van der Waals surface area contributed by atoms with Crippen molar-refractivity contribution >= 4 is 0 Å². The molecular weight excluding hydrogens is 176 g/mol. The Morgan fingerprint density at radius 2 is 2.14 bits per heavy atom. The van der Waals surface area contributed by atoms with Gasteiger partial charge in [0.25, 0.3) is 0 Å². The summed E-state index contributed by atoms with van der Waals surface area (Å²) in [7, 11) is 0. The van der Waals surface area contributed by atoms with Crippen LogP contribution in [0.4, 0.5) is 0 Å². The molecule has 0 aromatic rings. The van der Waals surface area contributed by atoms with Crippen molar-refractivity contribution in [3.05, 3.63) is 12.3 Å². The minimum atomic E-state index is 0.430. The number of hydrogen-bond donors (Lipinski definition) is 0. The fraction of sp³-hybridized carbons (Fsp3) is 0.818. The van der Waals surface area contributed by atoms with Crippen LogP contribution in [-0.4, -0.2) is 54.7 Å². The minimum Gasteiger partial charge on any atom is -0.495 e. The summed E-state index contributed by atoms with van der Waals surface area (Å²) >= 11 is 0. The average Bonchev–Trinajstić information content (AvgIpc) is 2.18. The summed E-state index contributed by atoms with van der Waals surface area (Å²) < 4.78 is 5.51. The van der Waals surface area contributed by atoms with Gasteiger partial charge in [-0.05, 0) is 13.8 Å². The Hall–Kier alpha value is -0.540. The van der Waals surface area contributed by atoms with Crippen LogP contribution in [0.1, 0.15) is 13.8 Å². The number of rotatable bonds is 1. The molecule has 80 valence electrons. The Kier molecular flexibility index (Phi) is 2.79. The summed E-state index contributed by atoms with van der Waals surface area (Å²) in [5.41, 5.74) is 0. The Morgan fingerprint density at radius 1 is 1.36 bits per heavy atom. The lowest BCUT2D eigenvalue weighted by molar-refractivity contribution is -0.00775. The van der Waals surface area contributed by atoms with Gasteiger partial charge in [0.2, 0.25) is 0 Å². The SMILES string of the molecule is C=C1OCCN2CCN(C(C)C)C[C@H]12. The summed E-state index contributed by atoms with van der Waals surface area (Å²) in [6.07, 6.45) is 0. The lowest BCUT2D eigenvalue weighted by atomic mass is 10.1. The predicted octanol–water partition coefficient (Wildman–Crippen LogP) is 0.925. The van der Waals surface area contributed by atoms with Crippen LogP contribution in [0.3, 0.4) is 0 Å². The van der Waals surface area contributed by atoms with Crippen molar-refractivity contribution in [3.63, 3.8) is 0 Å². The predicted molar refractivity (Wildman–Crippen MR) is 57.2 cm³/mol. The molecule has 0 aromatic carbocycles. The van der Waals surface area contributed by atoms with Gasteiger partial charge in [-0.25, -0.2) is 0 Å². The molecule has 0 unspecified atom stereocenters. The van der Waals surface area contributed by atoms with Gasteiger partial charge in [0.05, 0.1) is 6.04 Å². The van der Waals surface area contributed by atoms with Gasteiger partial charge in [-0.3, -0.25) is 9.80 Å². The lowest BCUT2D eigenvalue weighted by Gasteiger charge is -2.45. The molecule has 2 rings (SSSR count). The van der Waals surface area contributed by atoms with Gasteiger partial charge >= 0.3 is 0 Å². The third-order valence-electron chi connectivity index (χ3n) is 3.29. The molecule has 3 nitrogen and oxygen atoms in total. The van der Waals surface area contributed by atoms with E-state index < -0.39 is 0 Å². The van der Waals surface area contributed by atoms with E-state index in [0.29, 0.717) is 12.1 Å². The van der Waals surface area contributed by atoms with Gasteiger partial charge in [0, 0.05) is 32.2 Å². The van der Waals surface area contributed by atoms with E-state index >= 15 is 0 Å². The van der Waals surface area contributed by atoms with Crippen LogP contribution in [-0.2, 0) is 4.74 Å². The summed E-state index contributed by atoms with van der Waals surface area (Å²) in [6.45, 7) is 13.8. The van der Waals surface area contributed by atoms with Gasteiger partial charge in [-0.15, -0.1) is 0 Å². The van der Waals surface area contributed by atoms with Gasteiger partial charge < -0.3 is 4.74 Å². The number of nitrogens with zero attached hydrogens (tertiary/aromatic N) is 2. The van der Waals surface area contributed by atoms with Crippen LogP contribution in [0.15, 0.2) is 12.3 Å². The second-order valence-corrected chi connectivity index (χ2v) is 4.46. The highest BCUT2D eigenvalue weighted by atomic mass is 16.5. The maximum absolute atomic E-state index is 5.51. The van der Waals surface area contributed by atoms with Crippen LogP contribution in [0, 0.1) is 0 Å². The second-order valence-electron chi connectivity index (χ2n) is 4.46. The zero-order valence-corrected chi connectivity index (χ0v) is 9.20. The third-order valence-corrected chi connectivity index (χ3v) is 3.29. The van der Waals surface area contributed by atoms with E-state index in [1.807, 2.05) is 0 Å². The van der Waals surface area contributed by atoms with Crippen LogP contribution in [0.5, 0.6) is 0 Å². The first-order chi connectivity index (χ1) is 6.68. The van der Waals surface area contributed by atoms with Crippen molar-refractivity contribution in [3.8, 4) is 0 Å². The zero-order valence-electron chi connectivity index (χ0n) is 9.20. The highest BCUT2D eigenvalue weighted by Gasteiger charge is 2.33. The van der Waals surface area contributed by atoms with E-state index in [0.717, 1.165) is 32.0 Å². The minimum absolute atomic E-state index is 0.430. The molecule has 2 aliphatic heterocycles. The summed E-state index contributed by atoms with van der Waals surface area (Å²) in [4.78, 5) is 4.99. The van der Waals surface area contributed by atoms with Gasteiger partial charge in [-0.1, -0.05) is 6.58 Å². The number of morpholine rings is 1. The molecule has 3 heteroatoms. The molecule has 0 aliphatic carbocycles. The lowest BCUT2D eigenvalue weighted by Crippen LogP contribution is -2.58. The molecule has 0 spiro atoms. The standard InChI is InChI=1S/C11H20N2O/c1-9(2)13-5-4-12-6-7-14-10(3)11(12)8-13/h9,11H,3-8H2,1-2H3/t11-/m1/s1. The number of hydrogen-bond acceptors (Lipinski definition) is 3. The Labute approximate surface area is 86.3 Å². The molecule has 0 N–H and O–H groups in total. The van der Waals surface area contributed by atoms with Crippen molar-refractivity contribution in [1.29, 1.82) is 0 Å². The first kappa shape index (κ1) is 9.99. The summed E-state index contributed by atoms with van der Waals surface area (Å²) in [6, 6.07) is 1.06. The topological polar surface area (TPSA) is 15.7 Å². The van der Waals surface area contributed by atoms with Crippen LogP contribution in [0.2, 0.25) is 0 Å². The smallest absolute Gasteiger partial charge is 0.107 e. The van der Waals surface area contributed by atoms with Crippen LogP contribution < -0.4 is 0 Å². The van der Waals surface area contributed by atoms with E-state index in [2.05, 4.69) is 30.2 Å². The molecule has 2 aliphatic rings. The molecule has 0 radical (unpaired) electrons. The number of ether oxygens (including phenoxy) is 1. The Bertz CT molecular complexity index is 227. The van der Waals surface area contributed by atoms with Crippen molar-refractivity contribution in [1.82, 2.24) is 9.80 Å². The molecule has 14 heavy (non-hydrogen) atoms. The van der Waals surface area contributed by atoms with E-state index in [1.165, 1.54) is 6.54 Å². The average molecular weight is 196 g/mol. The monoisotopic (exact) mass is 196 g/mol. The highest BCUT2D eigenvalue weighted by molar-refractivity contribution is 5.04. The van der Waals surface area contributed by atoms with Gasteiger partial charge in [-0.2, -0.15) is 0 Å².